The summed E-state index contributed by atoms with van der Waals surface area (Å²) in [5.74, 6) is -0.260. The van der Waals surface area contributed by atoms with Gasteiger partial charge in [0.15, 0.2) is 0 Å². The standard InChI is InChI=1S/C12H11FN2S/c1-16-9-3-4-10(11(13)6-9)12-5-2-8(14)7-15-12/h2-7H,14H2,1H3. The van der Waals surface area contributed by atoms with Crippen LogP contribution in [0.1, 0.15) is 0 Å². The summed E-state index contributed by atoms with van der Waals surface area (Å²) in [6.07, 6.45) is 3.44. The van der Waals surface area contributed by atoms with Gasteiger partial charge in [-0.05, 0) is 36.6 Å². The minimum Gasteiger partial charge on any atom is -0.397 e. The summed E-state index contributed by atoms with van der Waals surface area (Å²) < 4.78 is 13.7. The molecule has 0 unspecified atom stereocenters. The number of hydrogen-bond donors (Lipinski definition) is 1. The van der Waals surface area contributed by atoms with Crippen LogP contribution in [0.4, 0.5) is 10.1 Å². The van der Waals surface area contributed by atoms with Crippen molar-refractivity contribution in [1.82, 2.24) is 4.98 Å². The number of anilines is 1. The quantitative estimate of drug-likeness (QED) is 0.811. The van der Waals surface area contributed by atoms with Crippen LogP contribution in [0.2, 0.25) is 0 Å². The number of nitrogen functional groups attached to an aromatic ring is 1. The van der Waals surface area contributed by atoms with Crippen LogP contribution in [0.3, 0.4) is 0 Å². The molecule has 1 heterocycles. The molecule has 0 spiro atoms. The first-order chi connectivity index (χ1) is 7.70. The zero-order chi connectivity index (χ0) is 11.5. The number of benzene rings is 1. The number of halogens is 1. The molecule has 1 aromatic carbocycles. The zero-order valence-corrected chi connectivity index (χ0v) is 9.59. The van der Waals surface area contributed by atoms with Gasteiger partial charge in [-0.1, -0.05) is 0 Å². The maximum Gasteiger partial charge on any atom is 0.133 e. The van der Waals surface area contributed by atoms with Gasteiger partial charge in [-0.2, -0.15) is 0 Å². The molecule has 0 amide bonds. The topological polar surface area (TPSA) is 38.9 Å². The molecule has 0 atom stereocenters. The minimum absolute atomic E-state index is 0.260. The second kappa shape index (κ2) is 4.53. The van der Waals surface area contributed by atoms with E-state index in [0.717, 1.165) is 4.90 Å². The van der Waals surface area contributed by atoms with Crippen LogP contribution in [0.5, 0.6) is 0 Å². The fraction of sp³-hybridized carbons (Fsp3) is 0.0833. The summed E-state index contributed by atoms with van der Waals surface area (Å²) in [5.41, 5.74) is 7.20. The second-order valence-corrected chi connectivity index (χ2v) is 4.20. The van der Waals surface area contributed by atoms with Crippen molar-refractivity contribution in [2.75, 3.05) is 12.0 Å². The average molecular weight is 234 g/mol. The van der Waals surface area contributed by atoms with Gasteiger partial charge in [0.2, 0.25) is 0 Å². The maximum atomic E-state index is 13.7. The van der Waals surface area contributed by atoms with Crippen molar-refractivity contribution in [2.24, 2.45) is 0 Å². The van der Waals surface area contributed by atoms with Crippen LogP contribution < -0.4 is 5.73 Å². The summed E-state index contributed by atoms with van der Waals surface area (Å²) >= 11 is 1.51. The number of pyridine rings is 1. The highest BCUT2D eigenvalue weighted by molar-refractivity contribution is 7.98. The van der Waals surface area contributed by atoms with Gasteiger partial charge in [0, 0.05) is 10.5 Å². The number of nitrogens with zero attached hydrogens (tertiary/aromatic N) is 1. The smallest absolute Gasteiger partial charge is 0.133 e. The molecule has 0 aliphatic rings. The third kappa shape index (κ3) is 2.17. The predicted molar refractivity (Wildman–Crippen MR) is 65.8 cm³/mol. The van der Waals surface area contributed by atoms with Crippen LogP contribution in [0.15, 0.2) is 41.4 Å². The fourth-order valence-corrected chi connectivity index (χ4v) is 1.82. The van der Waals surface area contributed by atoms with E-state index < -0.39 is 0 Å². The van der Waals surface area contributed by atoms with Crippen molar-refractivity contribution in [3.63, 3.8) is 0 Å². The van der Waals surface area contributed by atoms with Gasteiger partial charge < -0.3 is 5.73 Å². The van der Waals surface area contributed by atoms with Crippen LogP contribution in [0.25, 0.3) is 11.3 Å². The first-order valence-corrected chi connectivity index (χ1v) is 5.98. The zero-order valence-electron chi connectivity index (χ0n) is 8.77. The lowest BCUT2D eigenvalue weighted by Gasteiger charge is -2.04. The molecule has 0 bridgehead atoms. The summed E-state index contributed by atoms with van der Waals surface area (Å²) in [5, 5.41) is 0. The van der Waals surface area contributed by atoms with Crippen molar-refractivity contribution >= 4 is 17.4 Å². The molecular weight excluding hydrogens is 223 g/mol. The molecular formula is C12H11FN2S. The second-order valence-electron chi connectivity index (χ2n) is 3.32. The van der Waals surface area contributed by atoms with Gasteiger partial charge >= 0.3 is 0 Å². The van der Waals surface area contributed by atoms with Gasteiger partial charge in [0.05, 0.1) is 17.6 Å². The van der Waals surface area contributed by atoms with E-state index in [-0.39, 0.29) is 5.82 Å². The molecule has 0 aliphatic carbocycles. The normalized spacial score (nSPS) is 10.4. The van der Waals surface area contributed by atoms with Gasteiger partial charge in [0.25, 0.3) is 0 Å². The molecule has 0 saturated heterocycles. The Labute approximate surface area is 97.7 Å². The highest BCUT2D eigenvalue weighted by Gasteiger charge is 2.06. The Hall–Kier alpha value is -1.55. The van der Waals surface area contributed by atoms with Crippen molar-refractivity contribution in [2.45, 2.75) is 4.90 Å². The van der Waals surface area contributed by atoms with Crippen LogP contribution in [0, 0.1) is 5.82 Å². The lowest BCUT2D eigenvalue weighted by Crippen LogP contribution is -1.90. The Bertz CT molecular complexity index is 497. The summed E-state index contributed by atoms with van der Waals surface area (Å²) in [7, 11) is 0. The van der Waals surface area contributed by atoms with E-state index in [1.165, 1.54) is 24.0 Å². The Morgan fingerprint density at radius 3 is 2.62 bits per heavy atom. The van der Waals surface area contributed by atoms with Crippen molar-refractivity contribution in [1.29, 1.82) is 0 Å². The molecule has 2 aromatic rings. The van der Waals surface area contributed by atoms with Gasteiger partial charge in [-0.3, -0.25) is 4.98 Å². The summed E-state index contributed by atoms with van der Waals surface area (Å²) in [6, 6.07) is 8.55. The first-order valence-electron chi connectivity index (χ1n) is 4.76. The number of thioether (sulfide) groups is 1. The van der Waals surface area contributed by atoms with E-state index in [4.69, 9.17) is 5.73 Å². The molecule has 0 aliphatic heterocycles. The van der Waals surface area contributed by atoms with Gasteiger partial charge in [-0.15, -0.1) is 11.8 Å². The monoisotopic (exact) mass is 234 g/mol. The Morgan fingerprint density at radius 1 is 1.25 bits per heavy atom. The summed E-state index contributed by atoms with van der Waals surface area (Å²) in [4.78, 5) is 4.99. The van der Waals surface area contributed by atoms with Crippen molar-refractivity contribution < 1.29 is 4.39 Å². The number of rotatable bonds is 2. The van der Waals surface area contributed by atoms with E-state index in [1.54, 1.807) is 18.2 Å². The van der Waals surface area contributed by atoms with Crippen LogP contribution in [-0.4, -0.2) is 11.2 Å². The molecule has 16 heavy (non-hydrogen) atoms. The lowest BCUT2D eigenvalue weighted by atomic mass is 10.1. The van der Waals surface area contributed by atoms with Crippen LogP contribution in [-0.2, 0) is 0 Å². The molecule has 0 radical (unpaired) electrons. The highest BCUT2D eigenvalue weighted by Crippen LogP contribution is 2.25. The maximum absolute atomic E-state index is 13.7. The van der Waals surface area contributed by atoms with Gasteiger partial charge in [0.1, 0.15) is 5.82 Å². The molecule has 82 valence electrons. The van der Waals surface area contributed by atoms with E-state index in [1.807, 2.05) is 12.3 Å². The Balaban J connectivity index is 2.44. The average Bonchev–Trinajstić information content (AvgIpc) is 2.30. The third-order valence-electron chi connectivity index (χ3n) is 2.24. The number of aromatic nitrogens is 1. The fourth-order valence-electron chi connectivity index (χ4n) is 1.40. The minimum atomic E-state index is -0.260. The van der Waals surface area contributed by atoms with Crippen LogP contribution >= 0.6 is 11.8 Å². The van der Waals surface area contributed by atoms with Crippen molar-refractivity contribution in [3.8, 4) is 11.3 Å². The SMILES string of the molecule is CSc1ccc(-c2ccc(N)cn2)c(F)c1. The molecule has 2 rings (SSSR count). The molecule has 0 fully saturated rings. The Morgan fingerprint density at radius 2 is 2.06 bits per heavy atom. The molecule has 2 nitrogen and oxygen atoms in total. The third-order valence-corrected chi connectivity index (χ3v) is 2.96. The van der Waals surface area contributed by atoms with E-state index >= 15 is 0 Å². The number of nitrogens with two attached hydrogens (primary N) is 1. The predicted octanol–water partition coefficient (Wildman–Crippen LogP) is 3.19. The molecule has 0 saturated carbocycles. The number of hydrogen-bond acceptors (Lipinski definition) is 3. The summed E-state index contributed by atoms with van der Waals surface area (Å²) in [6.45, 7) is 0. The lowest BCUT2D eigenvalue weighted by molar-refractivity contribution is 0.627. The van der Waals surface area contributed by atoms with E-state index in [9.17, 15) is 4.39 Å². The Kier molecular flexibility index (Phi) is 3.10. The van der Waals surface area contributed by atoms with Gasteiger partial charge in [-0.25, -0.2) is 4.39 Å². The highest BCUT2D eigenvalue weighted by atomic mass is 32.2. The molecule has 2 N–H and O–H groups in total. The first kappa shape index (κ1) is 11.0. The van der Waals surface area contributed by atoms with E-state index in [2.05, 4.69) is 4.98 Å². The molecule has 4 heteroatoms. The van der Waals surface area contributed by atoms with Crippen molar-refractivity contribution in [3.05, 3.63) is 42.3 Å². The largest absolute Gasteiger partial charge is 0.397 e. The molecule has 1 aromatic heterocycles. The van der Waals surface area contributed by atoms with E-state index in [0.29, 0.717) is 16.9 Å².